The van der Waals surface area contributed by atoms with Crippen LogP contribution in [0, 0.1) is 5.92 Å². The number of rotatable bonds is 4. The molecule has 0 aromatic heterocycles. The molecule has 2 fully saturated rings. The van der Waals surface area contributed by atoms with E-state index < -0.39 is 23.4 Å². The normalized spacial score (nSPS) is 24.1. The first-order valence-corrected chi connectivity index (χ1v) is 9.25. The molecule has 1 saturated carbocycles. The van der Waals surface area contributed by atoms with Gasteiger partial charge in [-0.15, -0.1) is 0 Å². The molecule has 1 heterocycles. The summed E-state index contributed by atoms with van der Waals surface area (Å²) < 4.78 is 0. The van der Waals surface area contributed by atoms with Gasteiger partial charge in [-0.1, -0.05) is 13.5 Å². The summed E-state index contributed by atoms with van der Waals surface area (Å²) in [5.41, 5.74) is 2.34. The average Bonchev–Trinajstić information content (AvgIpc) is 2.93. The third-order valence-corrected chi connectivity index (χ3v) is 5.52. The van der Waals surface area contributed by atoms with Crippen LogP contribution in [-0.2, 0) is 9.59 Å². The van der Waals surface area contributed by atoms with Crippen molar-refractivity contribution in [3.05, 3.63) is 42.5 Å². The molecule has 0 unspecified atom stereocenters. The van der Waals surface area contributed by atoms with Gasteiger partial charge in [-0.05, 0) is 61.9 Å². The summed E-state index contributed by atoms with van der Waals surface area (Å²) in [4.78, 5) is 50.6. The van der Waals surface area contributed by atoms with Crippen molar-refractivity contribution >= 4 is 29.4 Å². The number of imide groups is 1. The number of hydrogen-bond acceptors (Lipinski definition) is 4. The number of likely N-dealkylation sites (N-methyl/N-ethyl adjacent to an activating group) is 1. The van der Waals surface area contributed by atoms with Crippen molar-refractivity contribution in [2.45, 2.75) is 38.1 Å². The van der Waals surface area contributed by atoms with Gasteiger partial charge < -0.3 is 10.2 Å². The first-order valence-electron chi connectivity index (χ1n) is 9.25. The number of nitrogens with zero attached hydrogens (tertiary/aromatic N) is 2. The summed E-state index contributed by atoms with van der Waals surface area (Å²) in [5.74, 6) is -0.744. The molecule has 1 aliphatic carbocycles. The second kappa shape index (κ2) is 7.46. The first-order chi connectivity index (χ1) is 13.3. The Balaban J connectivity index is 1.69. The molecule has 1 saturated heterocycles. The molecule has 1 aromatic rings. The molecule has 5 amide bonds. The van der Waals surface area contributed by atoms with Gasteiger partial charge in [0.1, 0.15) is 5.54 Å². The van der Waals surface area contributed by atoms with Crippen molar-refractivity contribution < 1.29 is 19.2 Å². The van der Waals surface area contributed by atoms with Gasteiger partial charge in [0.15, 0.2) is 0 Å². The van der Waals surface area contributed by atoms with E-state index in [9.17, 15) is 19.2 Å². The molecule has 2 N–H and O–H groups in total. The predicted octanol–water partition coefficient (Wildman–Crippen LogP) is 1.98. The van der Waals surface area contributed by atoms with Crippen molar-refractivity contribution in [1.29, 1.82) is 0 Å². The second-order valence-electron chi connectivity index (χ2n) is 7.42. The van der Waals surface area contributed by atoms with Gasteiger partial charge in [0.05, 0.1) is 0 Å². The predicted molar refractivity (Wildman–Crippen MR) is 103 cm³/mol. The molecule has 148 valence electrons. The minimum Gasteiger partial charge on any atom is -0.322 e. The molecule has 1 spiro atoms. The third kappa shape index (κ3) is 3.49. The van der Waals surface area contributed by atoms with Gasteiger partial charge in [-0.3, -0.25) is 19.8 Å². The van der Waals surface area contributed by atoms with Crippen LogP contribution in [0.3, 0.4) is 0 Å². The van der Waals surface area contributed by atoms with Crippen LogP contribution < -0.4 is 15.6 Å². The molecule has 3 rings (SSSR count). The van der Waals surface area contributed by atoms with E-state index in [0.29, 0.717) is 24.4 Å². The molecular formula is C20H24N4O4. The highest BCUT2D eigenvalue weighted by Gasteiger charge is 2.52. The fraction of sp³-hybridized carbons (Fsp3) is 0.400. The second-order valence-corrected chi connectivity index (χ2v) is 7.42. The van der Waals surface area contributed by atoms with E-state index in [0.717, 1.165) is 17.9 Å². The van der Waals surface area contributed by atoms with Crippen LogP contribution in [0.1, 0.15) is 43.0 Å². The van der Waals surface area contributed by atoms with Gasteiger partial charge in [-0.2, -0.15) is 5.01 Å². The molecule has 2 aliphatic rings. The van der Waals surface area contributed by atoms with Crippen molar-refractivity contribution in [1.82, 2.24) is 15.8 Å². The Hall–Kier alpha value is -3.16. The lowest BCUT2D eigenvalue weighted by Gasteiger charge is -2.33. The van der Waals surface area contributed by atoms with Crippen LogP contribution in [0.5, 0.6) is 0 Å². The molecule has 28 heavy (non-hydrogen) atoms. The number of hydrazine groups is 1. The van der Waals surface area contributed by atoms with Crippen molar-refractivity contribution in [3.8, 4) is 0 Å². The molecular weight excluding hydrogens is 360 g/mol. The Morgan fingerprint density at radius 1 is 1.25 bits per heavy atom. The molecule has 0 bridgehead atoms. The SMILES string of the molecule is C=CC(=O)N(C)c1ccc(C(=O)NN2C(=O)NC3(CCC(C)CC3)C2=O)cc1. The first kappa shape index (κ1) is 19.6. The summed E-state index contributed by atoms with van der Waals surface area (Å²) in [6.45, 7) is 5.56. The van der Waals surface area contributed by atoms with Crippen LogP contribution >= 0.6 is 0 Å². The Bertz CT molecular complexity index is 825. The minimum atomic E-state index is -0.908. The summed E-state index contributed by atoms with van der Waals surface area (Å²) in [5, 5.41) is 3.54. The van der Waals surface area contributed by atoms with Crippen molar-refractivity contribution in [2.24, 2.45) is 5.92 Å². The third-order valence-electron chi connectivity index (χ3n) is 5.52. The highest BCUT2D eigenvalue weighted by molar-refractivity contribution is 6.09. The number of hydrogen-bond donors (Lipinski definition) is 2. The van der Waals surface area contributed by atoms with E-state index in [-0.39, 0.29) is 11.5 Å². The van der Waals surface area contributed by atoms with E-state index in [1.165, 1.54) is 23.1 Å². The van der Waals surface area contributed by atoms with Gasteiger partial charge in [0, 0.05) is 18.3 Å². The number of carbonyl (C=O) groups excluding carboxylic acids is 4. The van der Waals surface area contributed by atoms with Crippen LogP contribution in [0.2, 0.25) is 0 Å². The lowest BCUT2D eigenvalue weighted by molar-refractivity contribution is -0.134. The van der Waals surface area contributed by atoms with E-state index in [1.54, 1.807) is 19.2 Å². The zero-order valence-corrected chi connectivity index (χ0v) is 16.0. The number of nitrogens with one attached hydrogen (secondary N) is 2. The fourth-order valence-corrected chi connectivity index (χ4v) is 3.58. The van der Waals surface area contributed by atoms with Crippen molar-refractivity contribution in [3.63, 3.8) is 0 Å². The zero-order valence-electron chi connectivity index (χ0n) is 16.0. The molecule has 0 atom stereocenters. The van der Waals surface area contributed by atoms with Crippen LogP contribution in [0.25, 0.3) is 0 Å². The smallest absolute Gasteiger partial charge is 0.322 e. The molecule has 0 radical (unpaired) electrons. The van der Waals surface area contributed by atoms with E-state index in [4.69, 9.17) is 0 Å². The van der Waals surface area contributed by atoms with E-state index in [2.05, 4.69) is 24.2 Å². The monoisotopic (exact) mass is 384 g/mol. The van der Waals surface area contributed by atoms with Crippen LogP contribution in [-0.4, -0.2) is 41.3 Å². The minimum absolute atomic E-state index is 0.266. The van der Waals surface area contributed by atoms with E-state index in [1.807, 2.05) is 0 Å². The lowest BCUT2D eigenvalue weighted by atomic mass is 9.77. The number of amides is 5. The Kier molecular flexibility index (Phi) is 5.22. The zero-order chi connectivity index (χ0) is 20.5. The lowest BCUT2D eigenvalue weighted by Crippen LogP contribution is -2.51. The fourth-order valence-electron chi connectivity index (χ4n) is 3.58. The van der Waals surface area contributed by atoms with Gasteiger partial charge in [-0.25, -0.2) is 4.79 Å². The molecule has 8 heteroatoms. The van der Waals surface area contributed by atoms with Gasteiger partial charge >= 0.3 is 6.03 Å². The number of benzene rings is 1. The highest BCUT2D eigenvalue weighted by atomic mass is 16.2. The van der Waals surface area contributed by atoms with Gasteiger partial charge in [0.2, 0.25) is 5.91 Å². The Labute approximate surface area is 163 Å². The Morgan fingerprint density at radius 3 is 2.43 bits per heavy atom. The molecule has 1 aliphatic heterocycles. The highest BCUT2D eigenvalue weighted by Crippen LogP contribution is 2.35. The molecule has 8 nitrogen and oxygen atoms in total. The summed E-state index contributed by atoms with van der Waals surface area (Å²) >= 11 is 0. The van der Waals surface area contributed by atoms with Crippen molar-refractivity contribution in [2.75, 3.05) is 11.9 Å². The molecule has 1 aromatic carbocycles. The maximum Gasteiger partial charge on any atom is 0.344 e. The largest absolute Gasteiger partial charge is 0.344 e. The van der Waals surface area contributed by atoms with Gasteiger partial charge in [0.25, 0.3) is 11.8 Å². The number of urea groups is 1. The quantitative estimate of drug-likeness (QED) is 0.612. The number of carbonyl (C=O) groups is 4. The van der Waals surface area contributed by atoms with Crippen LogP contribution in [0.4, 0.5) is 10.5 Å². The topological polar surface area (TPSA) is 98.8 Å². The number of anilines is 1. The summed E-state index contributed by atoms with van der Waals surface area (Å²) in [6, 6.07) is 5.64. The Morgan fingerprint density at radius 2 is 1.86 bits per heavy atom. The maximum atomic E-state index is 12.8. The average molecular weight is 384 g/mol. The van der Waals surface area contributed by atoms with Crippen LogP contribution in [0.15, 0.2) is 36.9 Å². The van der Waals surface area contributed by atoms with E-state index >= 15 is 0 Å². The summed E-state index contributed by atoms with van der Waals surface area (Å²) in [6.07, 6.45) is 4.05. The standard InChI is InChI=1S/C20H24N4O4/c1-4-16(25)23(3)15-7-5-14(6-8-15)17(26)22-24-18(27)20(21-19(24)28)11-9-13(2)10-12-20/h4-8,13H,1,9-12H2,2-3H3,(H,21,28)(H,22,26). The maximum absolute atomic E-state index is 12.8. The summed E-state index contributed by atoms with van der Waals surface area (Å²) in [7, 11) is 1.59.